The summed E-state index contributed by atoms with van der Waals surface area (Å²) < 4.78 is 4.25. The first-order chi connectivity index (χ1) is 12.2. The summed E-state index contributed by atoms with van der Waals surface area (Å²) in [5, 5.41) is 5.52. The lowest BCUT2D eigenvalue weighted by Crippen LogP contribution is -2.46. The molecule has 0 bridgehead atoms. The maximum absolute atomic E-state index is 4.17. The van der Waals surface area contributed by atoms with Crippen molar-refractivity contribution in [2.24, 2.45) is 7.05 Å². The van der Waals surface area contributed by atoms with Gasteiger partial charge in [0.05, 0.1) is 6.54 Å². The molecule has 1 saturated heterocycles. The summed E-state index contributed by atoms with van der Waals surface area (Å²) in [5.74, 6) is 0. The van der Waals surface area contributed by atoms with E-state index in [1.807, 2.05) is 4.68 Å². The van der Waals surface area contributed by atoms with Gasteiger partial charge in [-0.3, -0.25) is 14.5 Å². The van der Waals surface area contributed by atoms with E-state index >= 15 is 0 Å². The number of hydrogen-bond acceptors (Lipinski definition) is 4. The first kappa shape index (κ1) is 16.3. The van der Waals surface area contributed by atoms with Gasteiger partial charge in [-0.25, -0.2) is 4.98 Å². The topological polar surface area (TPSA) is 42.1 Å². The van der Waals surface area contributed by atoms with E-state index in [2.05, 4.69) is 62.7 Å². The van der Waals surface area contributed by atoms with Crippen LogP contribution in [0.25, 0.3) is 10.9 Å². The van der Waals surface area contributed by atoms with Gasteiger partial charge in [-0.05, 0) is 25.1 Å². The third-order valence-electron chi connectivity index (χ3n) is 5.26. The van der Waals surface area contributed by atoms with Gasteiger partial charge >= 0.3 is 0 Å². The Bertz CT molecular complexity index is 827. The molecule has 2 aromatic heterocycles. The molecule has 132 valence electrons. The third kappa shape index (κ3) is 3.60. The molecule has 3 heterocycles. The maximum atomic E-state index is 4.17. The molecule has 1 aliphatic heterocycles. The number of piperazine rings is 1. The fraction of sp³-hybridized carbons (Fsp3) is 0.474. The van der Waals surface area contributed by atoms with Gasteiger partial charge in [0.2, 0.25) is 0 Å². The molecule has 0 N–H and O–H groups in total. The highest BCUT2D eigenvalue weighted by atomic mass is 15.3. The van der Waals surface area contributed by atoms with Gasteiger partial charge in [-0.15, -0.1) is 0 Å². The highest BCUT2D eigenvalue weighted by molar-refractivity contribution is 5.82. The van der Waals surface area contributed by atoms with Crippen LogP contribution >= 0.6 is 0 Å². The van der Waals surface area contributed by atoms with Crippen molar-refractivity contribution in [3.05, 3.63) is 48.2 Å². The number of nitrogens with zero attached hydrogens (tertiary/aromatic N) is 6. The summed E-state index contributed by atoms with van der Waals surface area (Å²) in [6, 6.07) is 9.05. The molecule has 0 unspecified atom stereocenters. The van der Waals surface area contributed by atoms with Crippen molar-refractivity contribution < 1.29 is 0 Å². The second-order valence-corrected chi connectivity index (χ2v) is 7.03. The van der Waals surface area contributed by atoms with Gasteiger partial charge in [0.25, 0.3) is 0 Å². The molecule has 0 atom stereocenters. The lowest BCUT2D eigenvalue weighted by molar-refractivity contribution is 0.121. The standard InChI is InChI=1S/C19H26N6/c1-16-3-4-19-17(11-16)12-18(22(19)2)13-24-7-5-23(6-8-24)9-10-25-15-20-14-21-25/h3-4,11-12,14-15H,5-10,13H2,1-2H3. The summed E-state index contributed by atoms with van der Waals surface area (Å²) in [6.07, 6.45) is 3.39. The van der Waals surface area contributed by atoms with Crippen LogP contribution in [0.4, 0.5) is 0 Å². The van der Waals surface area contributed by atoms with E-state index in [0.29, 0.717) is 0 Å². The lowest BCUT2D eigenvalue weighted by atomic mass is 10.2. The molecule has 0 saturated carbocycles. The molecule has 0 spiro atoms. The van der Waals surface area contributed by atoms with E-state index < -0.39 is 0 Å². The van der Waals surface area contributed by atoms with Gasteiger partial charge in [-0.2, -0.15) is 5.10 Å². The van der Waals surface area contributed by atoms with Crippen molar-refractivity contribution in [2.75, 3.05) is 32.7 Å². The van der Waals surface area contributed by atoms with E-state index in [-0.39, 0.29) is 0 Å². The van der Waals surface area contributed by atoms with Crippen molar-refractivity contribution in [1.29, 1.82) is 0 Å². The minimum atomic E-state index is 0.919. The number of benzene rings is 1. The number of aromatic nitrogens is 4. The van der Waals surface area contributed by atoms with Gasteiger partial charge < -0.3 is 4.57 Å². The Morgan fingerprint density at radius 3 is 2.56 bits per heavy atom. The molecule has 1 aliphatic rings. The second kappa shape index (κ2) is 6.98. The van der Waals surface area contributed by atoms with Crippen LogP contribution in [-0.2, 0) is 20.1 Å². The Balaban J connectivity index is 1.33. The zero-order valence-electron chi connectivity index (χ0n) is 15.1. The van der Waals surface area contributed by atoms with Crippen molar-refractivity contribution >= 4 is 10.9 Å². The average Bonchev–Trinajstić information content (AvgIpc) is 3.23. The fourth-order valence-corrected chi connectivity index (χ4v) is 3.67. The molecule has 0 radical (unpaired) electrons. The van der Waals surface area contributed by atoms with Crippen molar-refractivity contribution in [2.45, 2.75) is 20.0 Å². The normalized spacial score (nSPS) is 16.7. The summed E-state index contributed by atoms with van der Waals surface area (Å²) in [4.78, 5) is 9.08. The molecule has 1 fully saturated rings. The minimum absolute atomic E-state index is 0.919. The molecule has 4 rings (SSSR count). The van der Waals surface area contributed by atoms with Crippen LogP contribution in [0.3, 0.4) is 0 Å². The number of aryl methyl sites for hydroxylation is 2. The Kier molecular flexibility index (Phi) is 4.55. The second-order valence-electron chi connectivity index (χ2n) is 7.03. The molecule has 25 heavy (non-hydrogen) atoms. The molecule has 0 amide bonds. The first-order valence-corrected chi connectivity index (χ1v) is 9.01. The number of hydrogen-bond donors (Lipinski definition) is 0. The van der Waals surface area contributed by atoms with Crippen LogP contribution in [0, 0.1) is 6.92 Å². The van der Waals surface area contributed by atoms with Crippen LogP contribution in [-0.4, -0.2) is 61.9 Å². The Labute approximate surface area is 148 Å². The van der Waals surface area contributed by atoms with Gasteiger partial charge in [0, 0.05) is 62.9 Å². The summed E-state index contributed by atoms with van der Waals surface area (Å²) in [7, 11) is 2.18. The molecule has 3 aromatic rings. The molecule has 0 aliphatic carbocycles. The van der Waals surface area contributed by atoms with E-state index in [1.165, 1.54) is 22.2 Å². The highest BCUT2D eigenvalue weighted by Crippen LogP contribution is 2.21. The Morgan fingerprint density at radius 2 is 1.80 bits per heavy atom. The molecule has 6 heteroatoms. The largest absolute Gasteiger partial charge is 0.346 e. The van der Waals surface area contributed by atoms with Gasteiger partial charge in [0.15, 0.2) is 0 Å². The number of rotatable bonds is 5. The fourth-order valence-electron chi connectivity index (χ4n) is 3.67. The van der Waals surface area contributed by atoms with E-state index in [1.54, 1.807) is 12.7 Å². The predicted octanol–water partition coefficient (Wildman–Crippen LogP) is 1.90. The van der Waals surface area contributed by atoms with E-state index in [0.717, 1.165) is 45.8 Å². The van der Waals surface area contributed by atoms with Crippen LogP contribution in [0.2, 0.25) is 0 Å². The van der Waals surface area contributed by atoms with Crippen molar-refractivity contribution in [3.8, 4) is 0 Å². The first-order valence-electron chi connectivity index (χ1n) is 9.01. The van der Waals surface area contributed by atoms with Crippen LogP contribution < -0.4 is 0 Å². The van der Waals surface area contributed by atoms with Crippen LogP contribution in [0.15, 0.2) is 36.9 Å². The summed E-state index contributed by atoms with van der Waals surface area (Å²) >= 11 is 0. The van der Waals surface area contributed by atoms with Crippen molar-refractivity contribution in [3.63, 3.8) is 0 Å². The minimum Gasteiger partial charge on any atom is -0.346 e. The smallest absolute Gasteiger partial charge is 0.137 e. The predicted molar refractivity (Wildman–Crippen MR) is 99.4 cm³/mol. The quantitative estimate of drug-likeness (QED) is 0.713. The van der Waals surface area contributed by atoms with Gasteiger partial charge in [-0.1, -0.05) is 11.6 Å². The average molecular weight is 338 g/mol. The van der Waals surface area contributed by atoms with E-state index in [9.17, 15) is 0 Å². The summed E-state index contributed by atoms with van der Waals surface area (Å²) in [5.41, 5.74) is 4.05. The van der Waals surface area contributed by atoms with Crippen LogP contribution in [0.1, 0.15) is 11.3 Å². The highest BCUT2D eigenvalue weighted by Gasteiger charge is 2.18. The maximum Gasteiger partial charge on any atom is 0.137 e. The Hall–Kier alpha value is -2.18. The molecule has 6 nitrogen and oxygen atoms in total. The van der Waals surface area contributed by atoms with Crippen LogP contribution in [0.5, 0.6) is 0 Å². The zero-order valence-corrected chi connectivity index (χ0v) is 15.1. The Morgan fingerprint density at radius 1 is 1.00 bits per heavy atom. The van der Waals surface area contributed by atoms with Crippen molar-refractivity contribution in [1.82, 2.24) is 29.1 Å². The zero-order chi connectivity index (χ0) is 17.2. The molecular formula is C19H26N6. The number of fused-ring (bicyclic) bond motifs is 1. The molecule has 1 aromatic carbocycles. The molecular weight excluding hydrogens is 312 g/mol. The monoisotopic (exact) mass is 338 g/mol. The SMILES string of the molecule is Cc1ccc2c(c1)cc(CN1CCN(CCn3cncn3)CC1)n2C. The summed E-state index contributed by atoms with van der Waals surface area (Å²) in [6.45, 7) is 9.64. The van der Waals surface area contributed by atoms with E-state index in [4.69, 9.17) is 0 Å². The van der Waals surface area contributed by atoms with Gasteiger partial charge in [0.1, 0.15) is 12.7 Å². The lowest BCUT2D eigenvalue weighted by Gasteiger charge is -2.34. The third-order valence-corrected chi connectivity index (χ3v) is 5.26.